The van der Waals surface area contributed by atoms with Crippen molar-refractivity contribution in [1.82, 2.24) is 0 Å². The molecule has 0 aromatic heterocycles. The number of amides is 1. The quantitative estimate of drug-likeness (QED) is 0.417. The first kappa shape index (κ1) is 19.8. The van der Waals surface area contributed by atoms with Crippen LogP contribution in [0.25, 0.3) is 0 Å². The van der Waals surface area contributed by atoms with Crippen LogP contribution in [0, 0.1) is 10.1 Å². The van der Waals surface area contributed by atoms with E-state index >= 15 is 0 Å². The number of fused-ring (bicyclic) bond motifs is 1. The van der Waals surface area contributed by atoms with E-state index < -0.39 is 10.5 Å². The molecule has 1 heterocycles. The number of nitro benzene ring substituents is 1. The average Bonchev–Trinajstić information content (AvgIpc) is 2.73. The van der Waals surface area contributed by atoms with Crippen molar-refractivity contribution in [3.8, 4) is 0 Å². The predicted octanol–water partition coefficient (Wildman–Crippen LogP) is 5.73. The Morgan fingerprint density at radius 1 is 0.933 bits per heavy atom. The average molecular weight is 400 g/mol. The summed E-state index contributed by atoms with van der Waals surface area (Å²) in [5.74, 6) is -0.230. The van der Waals surface area contributed by atoms with Crippen LogP contribution in [0.15, 0.2) is 78.9 Å². The Balaban J connectivity index is 1.87. The van der Waals surface area contributed by atoms with Gasteiger partial charge in [-0.15, -0.1) is 0 Å². The molecule has 0 aliphatic carbocycles. The first-order valence-electron chi connectivity index (χ1n) is 9.98. The topological polar surface area (TPSA) is 63.5 Å². The van der Waals surface area contributed by atoms with Crippen molar-refractivity contribution in [3.05, 3.63) is 106 Å². The number of carbonyl (C=O) groups is 1. The van der Waals surface area contributed by atoms with Gasteiger partial charge in [0.05, 0.1) is 4.92 Å². The molecule has 152 valence electrons. The third-order valence-corrected chi connectivity index (χ3v) is 6.05. The molecule has 1 amide bonds. The van der Waals surface area contributed by atoms with Crippen LogP contribution in [0.1, 0.15) is 48.7 Å². The van der Waals surface area contributed by atoms with E-state index in [2.05, 4.69) is 39.0 Å². The lowest BCUT2D eigenvalue weighted by molar-refractivity contribution is -0.384. The largest absolute Gasteiger partial charge is 0.302 e. The molecule has 30 heavy (non-hydrogen) atoms. The zero-order chi connectivity index (χ0) is 21.5. The number of rotatable bonds is 3. The zero-order valence-electron chi connectivity index (χ0n) is 17.3. The second kappa shape index (κ2) is 7.10. The molecule has 5 heteroatoms. The van der Waals surface area contributed by atoms with Crippen molar-refractivity contribution in [2.75, 3.05) is 4.90 Å². The molecule has 0 radical (unpaired) electrons. The Labute approximate surface area is 176 Å². The van der Waals surface area contributed by atoms with Gasteiger partial charge in [-0.2, -0.15) is 0 Å². The Kier molecular flexibility index (Phi) is 4.69. The molecule has 0 bridgehead atoms. The summed E-state index contributed by atoms with van der Waals surface area (Å²) in [6, 6.07) is 24.3. The zero-order valence-corrected chi connectivity index (χ0v) is 17.3. The van der Waals surface area contributed by atoms with Crippen LogP contribution in [0.4, 0.5) is 11.4 Å². The molecule has 1 aliphatic heterocycles. The molecule has 3 aromatic carbocycles. The molecular formula is C25H24N2O3. The molecule has 3 aromatic rings. The van der Waals surface area contributed by atoms with Gasteiger partial charge in [-0.3, -0.25) is 14.9 Å². The first-order chi connectivity index (χ1) is 14.2. The summed E-state index contributed by atoms with van der Waals surface area (Å²) < 4.78 is 0. The Morgan fingerprint density at radius 2 is 1.60 bits per heavy atom. The number of nitro groups is 1. The van der Waals surface area contributed by atoms with Gasteiger partial charge in [0, 0.05) is 34.3 Å². The monoisotopic (exact) mass is 400 g/mol. The SMILES string of the molecule is CC1(c2ccccc2)CC(C)(C)N(C(=O)c2cccc([N+](=O)[O-])c2)c2ccccc21. The van der Waals surface area contributed by atoms with Gasteiger partial charge in [0.25, 0.3) is 11.6 Å². The molecule has 1 unspecified atom stereocenters. The number of carbonyl (C=O) groups excluding carboxylic acids is 1. The van der Waals surface area contributed by atoms with Crippen LogP contribution in [-0.2, 0) is 5.41 Å². The van der Waals surface area contributed by atoms with Gasteiger partial charge in [0.15, 0.2) is 0 Å². The molecular weight excluding hydrogens is 376 g/mol. The van der Waals surface area contributed by atoms with Gasteiger partial charge in [-0.1, -0.05) is 61.5 Å². The number of para-hydroxylation sites is 1. The summed E-state index contributed by atoms with van der Waals surface area (Å²) >= 11 is 0. The lowest BCUT2D eigenvalue weighted by Gasteiger charge is -2.51. The molecule has 0 saturated carbocycles. The number of hydrogen-bond acceptors (Lipinski definition) is 3. The van der Waals surface area contributed by atoms with Crippen molar-refractivity contribution in [2.24, 2.45) is 0 Å². The lowest BCUT2D eigenvalue weighted by Crippen LogP contribution is -2.55. The molecule has 0 fully saturated rings. The summed E-state index contributed by atoms with van der Waals surface area (Å²) in [4.78, 5) is 26.1. The maximum Gasteiger partial charge on any atom is 0.270 e. The van der Waals surface area contributed by atoms with Crippen molar-refractivity contribution in [1.29, 1.82) is 0 Å². The number of anilines is 1. The maximum absolute atomic E-state index is 13.6. The van der Waals surface area contributed by atoms with E-state index in [9.17, 15) is 14.9 Å². The minimum atomic E-state index is -0.499. The second-order valence-electron chi connectivity index (χ2n) is 8.65. The van der Waals surface area contributed by atoms with Crippen LogP contribution < -0.4 is 4.90 Å². The predicted molar refractivity (Wildman–Crippen MR) is 118 cm³/mol. The normalized spacial score (nSPS) is 19.8. The Hall–Kier alpha value is -3.47. The highest BCUT2D eigenvalue weighted by Crippen LogP contribution is 2.50. The van der Waals surface area contributed by atoms with Gasteiger partial charge in [-0.25, -0.2) is 0 Å². The fraction of sp³-hybridized carbons (Fsp3) is 0.240. The van der Waals surface area contributed by atoms with E-state index in [1.165, 1.54) is 17.7 Å². The summed E-state index contributed by atoms with van der Waals surface area (Å²) in [7, 11) is 0. The number of nitrogens with zero attached hydrogens (tertiary/aromatic N) is 2. The van der Waals surface area contributed by atoms with Crippen LogP contribution in [0.5, 0.6) is 0 Å². The van der Waals surface area contributed by atoms with Crippen LogP contribution in [0.2, 0.25) is 0 Å². The number of hydrogen-bond donors (Lipinski definition) is 0. The number of non-ortho nitro benzene ring substituents is 1. The molecule has 0 saturated heterocycles. The summed E-state index contributed by atoms with van der Waals surface area (Å²) in [6.45, 7) is 6.33. The standard InChI is InChI=1S/C25H24N2O3/c1-24(2)17-25(3,19-11-5-4-6-12-19)21-14-7-8-15-22(21)26(24)23(28)18-10-9-13-20(16-18)27(29)30/h4-16H,17H2,1-3H3. The van der Waals surface area contributed by atoms with E-state index in [0.717, 1.165) is 17.7 Å². The van der Waals surface area contributed by atoms with E-state index in [0.29, 0.717) is 5.56 Å². The molecule has 1 aliphatic rings. The second-order valence-corrected chi connectivity index (χ2v) is 8.65. The molecule has 5 nitrogen and oxygen atoms in total. The van der Waals surface area contributed by atoms with Crippen molar-refractivity contribution >= 4 is 17.3 Å². The molecule has 0 spiro atoms. The first-order valence-corrected chi connectivity index (χ1v) is 9.98. The smallest absolute Gasteiger partial charge is 0.270 e. The summed E-state index contributed by atoms with van der Waals surface area (Å²) in [6.07, 6.45) is 0.724. The maximum atomic E-state index is 13.6. The van der Waals surface area contributed by atoms with Crippen LogP contribution >= 0.6 is 0 Å². The van der Waals surface area contributed by atoms with Gasteiger partial charge >= 0.3 is 0 Å². The van der Waals surface area contributed by atoms with E-state index in [4.69, 9.17) is 0 Å². The Bertz CT molecular complexity index is 1120. The van der Waals surface area contributed by atoms with E-state index in [1.807, 2.05) is 36.4 Å². The fourth-order valence-electron chi connectivity index (χ4n) is 4.83. The van der Waals surface area contributed by atoms with E-state index in [-0.39, 0.29) is 17.0 Å². The summed E-state index contributed by atoms with van der Waals surface area (Å²) in [5, 5.41) is 11.2. The van der Waals surface area contributed by atoms with Gasteiger partial charge < -0.3 is 4.90 Å². The third kappa shape index (κ3) is 3.16. The third-order valence-electron chi connectivity index (χ3n) is 6.05. The fourth-order valence-corrected chi connectivity index (χ4v) is 4.83. The van der Waals surface area contributed by atoms with Crippen LogP contribution in [0.3, 0.4) is 0 Å². The molecule has 4 rings (SSSR count). The lowest BCUT2D eigenvalue weighted by atomic mass is 9.65. The van der Waals surface area contributed by atoms with Crippen molar-refractivity contribution in [3.63, 3.8) is 0 Å². The highest BCUT2D eigenvalue weighted by molar-refractivity contribution is 6.08. The van der Waals surface area contributed by atoms with Crippen LogP contribution in [-0.4, -0.2) is 16.4 Å². The van der Waals surface area contributed by atoms with Crippen molar-refractivity contribution in [2.45, 2.75) is 38.1 Å². The van der Waals surface area contributed by atoms with E-state index in [1.54, 1.807) is 17.0 Å². The minimum Gasteiger partial charge on any atom is -0.302 e. The highest BCUT2D eigenvalue weighted by atomic mass is 16.6. The number of benzene rings is 3. The Morgan fingerprint density at radius 3 is 2.30 bits per heavy atom. The summed E-state index contributed by atoms with van der Waals surface area (Å²) in [5.41, 5.74) is 2.59. The van der Waals surface area contributed by atoms with Gasteiger partial charge in [0.1, 0.15) is 0 Å². The molecule has 0 N–H and O–H groups in total. The van der Waals surface area contributed by atoms with Gasteiger partial charge in [-0.05, 0) is 43.5 Å². The van der Waals surface area contributed by atoms with Crippen molar-refractivity contribution < 1.29 is 9.72 Å². The molecule has 1 atom stereocenters. The van der Waals surface area contributed by atoms with Gasteiger partial charge in [0.2, 0.25) is 0 Å². The highest BCUT2D eigenvalue weighted by Gasteiger charge is 2.47. The minimum absolute atomic E-state index is 0.0851.